The summed E-state index contributed by atoms with van der Waals surface area (Å²) in [5, 5.41) is 14.6. The molecule has 0 fully saturated rings. The Morgan fingerprint density at radius 2 is 1.83 bits per heavy atom. The van der Waals surface area contributed by atoms with Gasteiger partial charge in [0.05, 0.1) is 23.5 Å². The van der Waals surface area contributed by atoms with Crippen LogP contribution in [0.4, 0.5) is 13.2 Å². The molecule has 3 aromatic carbocycles. The van der Waals surface area contributed by atoms with Gasteiger partial charge in [0.15, 0.2) is 5.16 Å². The number of benzene rings is 3. The Morgan fingerprint density at radius 3 is 2.55 bits per heavy atom. The summed E-state index contributed by atoms with van der Waals surface area (Å²) >= 11 is 7.55. The van der Waals surface area contributed by atoms with Crippen molar-refractivity contribution in [3.63, 3.8) is 0 Å². The third-order valence-electron chi connectivity index (χ3n) is 7.44. The van der Waals surface area contributed by atoms with E-state index in [9.17, 15) is 4.39 Å². The maximum atomic E-state index is 15.2. The smallest absolute Gasteiger partial charge is 0.173 e. The van der Waals surface area contributed by atoms with Gasteiger partial charge in [0.2, 0.25) is 0 Å². The standard InChI is InChI=1S/C30H26ClF3N6OS/c1-41-27-15-18(6-11-23(27)31)21-3-2-4-26-29(21)40(20-9-7-19(32)8-10-20)30(35-26)42-16-22-24(33)13-17(14-25(22)34)5-12-28-36-38-39-37-28/h6-11,13-15,21H,2-5,12,16H2,1H3,(H,36,37,38,39). The van der Waals surface area contributed by atoms with Gasteiger partial charge in [0, 0.05) is 29.3 Å². The second-order valence-corrected chi connectivity index (χ2v) is 11.4. The van der Waals surface area contributed by atoms with Gasteiger partial charge in [0.25, 0.3) is 0 Å². The quantitative estimate of drug-likeness (QED) is 0.181. The maximum absolute atomic E-state index is 15.2. The van der Waals surface area contributed by atoms with Crippen molar-refractivity contribution in [1.29, 1.82) is 0 Å². The zero-order valence-electron chi connectivity index (χ0n) is 22.6. The Kier molecular flexibility index (Phi) is 8.21. The SMILES string of the molecule is COc1cc(C2CCCc3nc(SCc4c(F)cc(CCc5nnn[nH]5)cc4F)n(-c4ccc(F)cc4)c32)ccc1Cl. The highest BCUT2D eigenvalue weighted by molar-refractivity contribution is 7.98. The predicted molar refractivity (Wildman–Crippen MR) is 154 cm³/mol. The van der Waals surface area contributed by atoms with Crippen molar-refractivity contribution < 1.29 is 17.9 Å². The molecule has 0 radical (unpaired) electrons. The number of imidazole rings is 1. The Labute approximate surface area is 249 Å². The summed E-state index contributed by atoms with van der Waals surface area (Å²) < 4.78 is 51.7. The van der Waals surface area contributed by atoms with Gasteiger partial charge < -0.3 is 4.74 Å². The number of nitrogens with one attached hydrogen (secondary N) is 1. The second-order valence-electron chi connectivity index (χ2n) is 10.1. The number of hydrogen-bond donors (Lipinski definition) is 1. The van der Waals surface area contributed by atoms with E-state index in [0.29, 0.717) is 40.2 Å². The van der Waals surface area contributed by atoms with E-state index in [1.807, 2.05) is 22.8 Å². The highest BCUT2D eigenvalue weighted by Gasteiger charge is 2.31. The number of ether oxygens (including phenoxy) is 1. The molecule has 7 nitrogen and oxygen atoms in total. The topological polar surface area (TPSA) is 81.5 Å². The van der Waals surface area contributed by atoms with Gasteiger partial charge in [-0.1, -0.05) is 29.4 Å². The van der Waals surface area contributed by atoms with Gasteiger partial charge in [-0.25, -0.2) is 23.3 Å². The molecule has 0 saturated heterocycles. The van der Waals surface area contributed by atoms with Crippen LogP contribution in [0.2, 0.25) is 5.02 Å². The fraction of sp³-hybridized carbons (Fsp3) is 0.267. The van der Waals surface area contributed by atoms with E-state index >= 15 is 8.78 Å². The average molecular weight is 611 g/mol. The molecule has 12 heteroatoms. The van der Waals surface area contributed by atoms with Crippen molar-refractivity contribution in [2.75, 3.05) is 7.11 Å². The summed E-state index contributed by atoms with van der Waals surface area (Å²) in [5.41, 5.74) is 4.10. The van der Waals surface area contributed by atoms with Crippen molar-refractivity contribution in [3.05, 3.63) is 111 Å². The van der Waals surface area contributed by atoms with E-state index in [1.54, 1.807) is 19.2 Å². The molecule has 0 amide bonds. The number of rotatable bonds is 9. The van der Waals surface area contributed by atoms with Gasteiger partial charge in [-0.05, 0) is 95.8 Å². The number of hydrogen-bond acceptors (Lipinski definition) is 6. The molecule has 1 aliphatic carbocycles. The highest BCUT2D eigenvalue weighted by atomic mass is 35.5. The minimum Gasteiger partial charge on any atom is -0.495 e. The van der Waals surface area contributed by atoms with E-state index in [1.165, 1.54) is 36.0 Å². The van der Waals surface area contributed by atoms with Gasteiger partial charge in [-0.3, -0.25) is 4.57 Å². The molecular formula is C30H26ClF3N6OS. The van der Waals surface area contributed by atoms with Crippen LogP contribution >= 0.6 is 23.4 Å². The Hall–Kier alpha value is -3.83. The summed E-state index contributed by atoms with van der Waals surface area (Å²) in [5.74, 6) is -0.477. The summed E-state index contributed by atoms with van der Waals surface area (Å²) in [6.45, 7) is 0. The molecule has 6 rings (SSSR count). The molecule has 2 heterocycles. The normalized spacial score (nSPS) is 14.6. The molecule has 5 aromatic rings. The van der Waals surface area contributed by atoms with Crippen LogP contribution in [-0.2, 0) is 25.0 Å². The lowest BCUT2D eigenvalue weighted by Gasteiger charge is -2.26. The highest BCUT2D eigenvalue weighted by Crippen LogP contribution is 2.42. The number of aromatic amines is 1. The number of tetrazole rings is 1. The summed E-state index contributed by atoms with van der Waals surface area (Å²) in [6.07, 6.45) is 3.36. The minimum absolute atomic E-state index is 0.0283. The fourth-order valence-electron chi connectivity index (χ4n) is 5.38. The van der Waals surface area contributed by atoms with Crippen molar-refractivity contribution in [2.45, 2.75) is 48.9 Å². The van der Waals surface area contributed by atoms with E-state index in [-0.39, 0.29) is 23.1 Å². The summed E-state index contributed by atoms with van der Waals surface area (Å²) in [7, 11) is 1.58. The van der Waals surface area contributed by atoms with Crippen LogP contribution in [0.25, 0.3) is 5.69 Å². The molecule has 1 atom stereocenters. The number of halogens is 4. The molecule has 216 valence electrons. The maximum Gasteiger partial charge on any atom is 0.173 e. The average Bonchev–Trinajstić information content (AvgIpc) is 3.64. The molecule has 2 aromatic heterocycles. The lowest BCUT2D eigenvalue weighted by Crippen LogP contribution is -2.15. The van der Waals surface area contributed by atoms with Crippen LogP contribution in [0.1, 0.15) is 52.7 Å². The van der Waals surface area contributed by atoms with E-state index < -0.39 is 11.6 Å². The zero-order chi connectivity index (χ0) is 29.2. The first kappa shape index (κ1) is 28.3. The van der Waals surface area contributed by atoms with Gasteiger partial charge in [0.1, 0.15) is 29.0 Å². The first-order valence-corrected chi connectivity index (χ1v) is 14.8. The summed E-state index contributed by atoms with van der Waals surface area (Å²) in [6, 6.07) is 14.6. The zero-order valence-corrected chi connectivity index (χ0v) is 24.2. The van der Waals surface area contributed by atoms with Crippen LogP contribution in [0, 0.1) is 17.5 Å². The monoisotopic (exact) mass is 610 g/mol. The molecule has 0 aliphatic heterocycles. The molecule has 42 heavy (non-hydrogen) atoms. The second kappa shape index (κ2) is 12.2. The van der Waals surface area contributed by atoms with Crippen molar-refractivity contribution in [1.82, 2.24) is 30.2 Å². The lowest BCUT2D eigenvalue weighted by atomic mass is 9.84. The Balaban J connectivity index is 1.34. The van der Waals surface area contributed by atoms with Crippen molar-refractivity contribution >= 4 is 23.4 Å². The molecule has 1 unspecified atom stereocenters. The number of aryl methyl sites for hydroxylation is 3. The van der Waals surface area contributed by atoms with Crippen LogP contribution in [0.15, 0.2) is 59.8 Å². The number of H-pyrrole nitrogens is 1. The van der Waals surface area contributed by atoms with Crippen molar-refractivity contribution in [3.8, 4) is 11.4 Å². The first-order valence-electron chi connectivity index (χ1n) is 13.4. The fourth-order valence-corrected chi connectivity index (χ4v) is 6.63. The lowest BCUT2D eigenvalue weighted by molar-refractivity contribution is 0.414. The number of methoxy groups -OCH3 is 1. The van der Waals surface area contributed by atoms with Crippen LogP contribution in [0.3, 0.4) is 0 Å². The van der Waals surface area contributed by atoms with E-state index in [2.05, 4.69) is 20.6 Å². The molecule has 0 bridgehead atoms. The molecule has 0 saturated carbocycles. The Morgan fingerprint density at radius 1 is 1.05 bits per heavy atom. The molecule has 0 spiro atoms. The van der Waals surface area contributed by atoms with E-state index in [4.69, 9.17) is 21.3 Å². The van der Waals surface area contributed by atoms with Gasteiger partial charge >= 0.3 is 0 Å². The third kappa shape index (κ3) is 5.76. The minimum atomic E-state index is -0.621. The van der Waals surface area contributed by atoms with Crippen LogP contribution < -0.4 is 4.74 Å². The molecule has 1 aliphatic rings. The number of thioether (sulfide) groups is 1. The van der Waals surface area contributed by atoms with Crippen LogP contribution in [0.5, 0.6) is 5.75 Å². The van der Waals surface area contributed by atoms with E-state index in [0.717, 1.165) is 41.9 Å². The third-order valence-corrected chi connectivity index (χ3v) is 8.72. The van der Waals surface area contributed by atoms with Gasteiger partial charge in [-0.2, -0.15) is 0 Å². The van der Waals surface area contributed by atoms with Crippen molar-refractivity contribution in [2.24, 2.45) is 0 Å². The van der Waals surface area contributed by atoms with Crippen LogP contribution in [-0.4, -0.2) is 37.3 Å². The summed E-state index contributed by atoms with van der Waals surface area (Å²) in [4.78, 5) is 4.94. The predicted octanol–water partition coefficient (Wildman–Crippen LogP) is 7.01. The Bertz CT molecular complexity index is 1690. The number of nitrogens with zero attached hydrogens (tertiary/aromatic N) is 5. The number of fused-ring (bicyclic) bond motifs is 1. The molecular weight excluding hydrogens is 585 g/mol. The molecule has 1 N–H and O–H groups in total. The number of aromatic nitrogens is 6. The first-order chi connectivity index (χ1) is 20.4. The largest absolute Gasteiger partial charge is 0.495 e. The van der Waals surface area contributed by atoms with Gasteiger partial charge in [-0.15, -0.1) is 5.10 Å².